The van der Waals surface area contributed by atoms with E-state index in [1.165, 1.54) is 0 Å². The molecule has 0 atom stereocenters. The van der Waals surface area contributed by atoms with Crippen LogP contribution in [0.2, 0.25) is 0 Å². The molecule has 0 aliphatic heterocycles. The van der Waals surface area contributed by atoms with E-state index in [2.05, 4.69) is 20.6 Å². The third-order valence-corrected chi connectivity index (χ3v) is 3.94. The summed E-state index contributed by atoms with van der Waals surface area (Å²) in [6.45, 7) is 3.07. The number of carbonyl (C=O) groups is 1. The lowest BCUT2D eigenvalue weighted by Gasteiger charge is -2.22. The number of hydrogen-bond donors (Lipinski definition) is 2. The number of guanidine groups is 1. The summed E-state index contributed by atoms with van der Waals surface area (Å²) >= 11 is 0. The molecule has 2 aromatic rings. The first kappa shape index (κ1) is 20.2. The number of aromatic nitrogens is 1. The molecule has 0 aliphatic carbocycles. The van der Waals surface area contributed by atoms with Gasteiger partial charge in [-0.2, -0.15) is 0 Å². The van der Waals surface area contributed by atoms with Crippen LogP contribution < -0.4 is 15.4 Å². The van der Waals surface area contributed by atoms with Crippen LogP contribution in [0.4, 0.5) is 5.82 Å². The molecule has 0 aliphatic rings. The lowest BCUT2D eigenvalue weighted by molar-refractivity contribution is -0.116. The van der Waals surface area contributed by atoms with Crippen molar-refractivity contribution in [3.05, 3.63) is 53.7 Å². The molecule has 2 rings (SSSR count). The van der Waals surface area contributed by atoms with E-state index in [-0.39, 0.29) is 5.91 Å². The lowest BCUT2D eigenvalue weighted by Crippen LogP contribution is -2.39. The summed E-state index contributed by atoms with van der Waals surface area (Å²) in [6, 6.07) is 13.4. The van der Waals surface area contributed by atoms with Crippen molar-refractivity contribution in [3.63, 3.8) is 0 Å². The van der Waals surface area contributed by atoms with Gasteiger partial charge in [-0.15, -0.1) is 0 Å². The van der Waals surface area contributed by atoms with Crippen molar-refractivity contribution in [2.75, 3.05) is 33.1 Å². The fourth-order valence-corrected chi connectivity index (χ4v) is 2.57. The van der Waals surface area contributed by atoms with Crippen molar-refractivity contribution >= 4 is 17.7 Å². The zero-order chi connectivity index (χ0) is 19.6. The van der Waals surface area contributed by atoms with Crippen LogP contribution in [0, 0.1) is 6.92 Å². The minimum atomic E-state index is -0.0890. The quantitative estimate of drug-likeness (QED) is 0.579. The van der Waals surface area contributed by atoms with Gasteiger partial charge in [-0.1, -0.05) is 18.2 Å². The standard InChI is InChI=1S/C20H27N5O2/c1-15-6-5-7-18(23-15)24-19(26)12-13-22-20(21-2)25(3)14-16-8-10-17(27-4)11-9-16/h5-11H,12-14H2,1-4H3,(H,21,22)(H,23,24,26). The summed E-state index contributed by atoms with van der Waals surface area (Å²) in [5.74, 6) is 2.04. The van der Waals surface area contributed by atoms with Gasteiger partial charge in [0.2, 0.25) is 5.91 Å². The molecule has 144 valence electrons. The number of pyridine rings is 1. The fourth-order valence-electron chi connectivity index (χ4n) is 2.57. The largest absolute Gasteiger partial charge is 0.497 e. The summed E-state index contributed by atoms with van der Waals surface area (Å²) in [6.07, 6.45) is 0.324. The van der Waals surface area contributed by atoms with Crippen molar-refractivity contribution < 1.29 is 9.53 Å². The molecule has 1 amide bonds. The molecule has 7 nitrogen and oxygen atoms in total. The van der Waals surface area contributed by atoms with Crippen LogP contribution in [-0.2, 0) is 11.3 Å². The van der Waals surface area contributed by atoms with E-state index < -0.39 is 0 Å². The molecule has 27 heavy (non-hydrogen) atoms. The second-order valence-corrected chi connectivity index (χ2v) is 6.14. The summed E-state index contributed by atoms with van der Waals surface area (Å²) in [5, 5.41) is 6.01. The Kier molecular flexibility index (Phi) is 7.61. The number of amides is 1. The molecule has 0 bridgehead atoms. The molecular weight excluding hydrogens is 342 g/mol. The molecule has 0 saturated carbocycles. The van der Waals surface area contributed by atoms with Crippen LogP contribution in [0.15, 0.2) is 47.5 Å². The highest BCUT2D eigenvalue weighted by atomic mass is 16.5. The normalized spacial score (nSPS) is 11.0. The predicted molar refractivity (Wildman–Crippen MR) is 108 cm³/mol. The fraction of sp³-hybridized carbons (Fsp3) is 0.350. The molecule has 0 spiro atoms. The first-order chi connectivity index (χ1) is 13.0. The number of benzene rings is 1. The van der Waals surface area contributed by atoms with Crippen molar-refractivity contribution in [3.8, 4) is 5.75 Å². The van der Waals surface area contributed by atoms with Crippen LogP contribution in [0.1, 0.15) is 17.7 Å². The van der Waals surface area contributed by atoms with Gasteiger partial charge in [0, 0.05) is 39.3 Å². The summed E-state index contributed by atoms with van der Waals surface area (Å²) in [4.78, 5) is 22.6. The Labute approximate surface area is 160 Å². The molecular formula is C20H27N5O2. The Morgan fingerprint density at radius 2 is 1.96 bits per heavy atom. The molecule has 7 heteroatoms. The van der Waals surface area contributed by atoms with Crippen LogP contribution in [-0.4, -0.2) is 49.5 Å². The number of hydrogen-bond acceptors (Lipinski definition) is 4. The van der Waals surface area contributed by atoms with E-state index in [9.17, 15) is 4.79 Å². The van der Waals surface area contributed by atoms with Crippen LogP contribution >= 0.6 is 0 Å². The number of aryl methyl sites for hydroxylation is 1. The first-order valence-electron chi connectivity index (χ1n) is 8.80. The second-order valence-electron chi connectivity index (χ2n) is 6.14. The van der Waals surface area contributed by atoms with Gasteiger partial charge in [0.05, 0.1) is 7.11 Å². The zero-order valence-corrected chi connectivity index (χ0v) is 16.3. The number of ether oxygens (including phenoxy) is 1. The lowest BCUT2D eigenvalue weighted by atomic mass is 10.2. The number of anilines is 1. The maximum atomic E-state index is 12.1. The SMILES string of the molecule is CN=C(NCCC(=O)Nc1cccc(C)n1)N(C)Cc1ccc(OC)cc1. The van der Waals surface area contributed by atoms with Gasteiger partial charge in [0.15, 0.2) is 5.96 Å². The average Bonchev–Trinajstić information content (AvgIpc) is 2.65. The van der Waals surface area contributed by atoms with Crippen molar-refractivity contribution in [1.29, 1.82) is 0 Å². The van der Waals surface area contributed by atoms with Gasteiger partial charge in [-0.3, -0.25) is 9.79 Å². The Morgan fingerprint density at radius 3 is 2.59 bits per heavy atom. The van der Waals surface area contributed by atoms with Crippen LogP contribution in [0.25, 0.3) is 0 Å². The number of rotatable bonds is 7. The van der Waals surface area contributed by atoms with Crippen molar-refractivity contribution in [1.82, 2.24) is 15.2 Å². The number of carbonyl (C=O) groups excluding carboxylic acids is 1. The number of aliphatic imine (C=N–C) groups is 1. The van der Waals surface area contributed by atoms with Gasteiger partial charge < -0.3 is 20.3 Å². The molecule has 0 unspecified atom stereocenters. The third-order valence-electron chi connectivity index (χ3n) is 3.94. The van der Waals surface area contributed by atoms with E-state index in [4.69, 9.17) is 4.74 Å². The highest BCUT2D eigenvalue weighted by molar-refractivity contribution is 5.90. The summed E-state index contributed by atoms with van der Waals surface area (Å²) in [5.41, 5.74) is 2.01. The molecule has 2 N–H and O–H groups in total. The highest BCUT2D eigenvalue weighted by Gasteiger charge is 2.08. The van der Waals surface area contributed by atoms with E-state index in [0.717, 1.165) is 23.0 Å². The number of nitrogens with zero attached hydrogens (tertiary/aromatic N) is 3. The Balaban J connectivity index is 1.79. The summed E-state index contributed by atoms with van der Waals surface area (Å²) < 4.78 is 5.18. The van der Waals surface area contributed by atoms with E-state index in [1.807, 2.05) is 55.3 Å². The molecule has 1 heterocycles. The average molecular weight is 369 g/mol. The minimum absolute atomic E-state index is 0.0890. The maximum absolute atomic E-state index is 12.1. The van der Waals surface area contributed by atoms with Crippen LogP contribution in [0.3, 0.4) is 0 Å². The van der Waals surface area contributed by atoms with Gasteiger partial charge >= 0.3 is 0 Å². The molecule has 1 aromatic carbocycles. The second kappa shape index (κ2) is 10.2. The minimum Gasteiger partial charge on any atom is -0.497 e. The Bertz CT molecular complexity index is 774. The highest BCUT2D eigenvalue weighted by Crippen LogP contribution is 2.12. The summed E-state index contributed by atoms with van der Waals surface area (Å²) in [7, 11) is 5.33. The first-order valence-corrected chi connectivity index (χ1v) is 8.80. The molecule has 0 radical (unpaired) electrons. The van der Waals surface area contributed by atoms with E-state index in [1.54, 1.807) is 20.2 Å². The Hall–Kier alpha value is -3.09. The molecule has 1 aromatic heterocycles. The zero-order valence-electron chi connectivity index (χ0n) is 16.3. The third kappa shape index (κ3) is 6.62. The molecule has 0 saturated heterocycles. The smallest absolute Gasteiger partial charge is 0.227 e. The van der Waals surface area contributed by atoms with E-state index in [0.29, 0.717) is 25.3 Å². The number of methoxy groups -OCH3 is 1. The van der Waals surface area contributed by atoms with Gasteiger partial charge in [-0.25, -0.2) is 4.98 Å². The predicted octanol–water partition coefficient (Wildman–Crippen LogP) is 2.43. The number of nitrogens with one attached hydrogen (secondary N) is 2. The van der Waals surface area contributed by atoms with Crippen LogP contribution in [0.5, 0.6) is 5.75 Å². The Morgan fingerprint density at radius 1 is 1.22 bits per heavy atom. The van der Waals surface area contributed by atoms with Crippen molar-refractivity contribution in [2.45, 2.75) is 19.9 Å². The van der Waals surface area contributed by atoms with Gasteiger partial charge in [0.25, 0.3) is 0 Å². The topological polar surface area (TPSA) is 78.8 Å². The van der Waals surface area contributed by atoms with Gasteiger partial charge in [-0.05, 0) is 36.8 Å². The molecule has 0 fully saturated rings. The van der Waals surface area contributed by atoms with Gasteiger partial charge in [0.1, 0.15) is 11.6 Å². The van der Waals surface area contributed by atoms with E-state index >= 15 is 0 Å². The van der Waals surface area contributed by atoms with Crippen molar-refractivity contribution in [2.24, 2.45) is 4.99 Å². The maximum Gasteiger partial charge on any atom is 0.227 e. The monoisotopic (exact) mass is 369 g/mol.